The lowest BCUT2D eigenvalue weighted by Crippen LogP contribution is -2.41. The number of rotatable bonds is 0. The lowest BCUT2D eigenvalue weighted by Gasteiger charge is -2.46. The highest BCUT2D eigenvalue weighted by Gasteiger charge is 2.61. The van der Waals surface area contributed by atoms with Crippen molar-refractivity contribution < 1.29 is 0 Å². The third-order valence-electron chi connectivity index (χ3n) is 10.8. The number of hydrogen-bond acceptors (Lipinski definition) is 0. The Balaban J connectivity index is 1.51. The van der Waals surface area contributed by atoms with Crippen LogP contribution in [-0.2, 0) is 5.41 Å². The van der Waals surface area contributed by atoms with E-state index in [1.807, 2.05) is 0 Å². The van der Waals surface area contributed by atoms with Gasteiger partial charge < -0.3 is 9.13 Å². The van der Waals surface area contributed by atoms with Crippen LogP contribution in [0.3, 0.4) is 0 Å². The van der Waals surface area contributed by atoms with Crippen molar-refractivity contribution in [3.8, 4) is 11.4 Å². The molecule has 0 bridgehead atoms. The summed E-state index contributed by atoms with van der Waals surface area (Å²) in [5, 5.41) is 5.51. The first kappa shape index (κ1) is 18.9. The lowest BCUT2D eigenvalue weighted by molar-refractivity contribution is 0.383. The van der Waals surface area contributed by atoms with Crippen molar-refractivity contribution in [1.82, 2.24) is 9.13 Å². The lowest BCUT2D eigenvalue weighted by atomic mass is 9.60. The summed E-state index contributed by atoms with van der Waals surface area (Å²) in [6, 6.07) is 37.3. The summed E-state index contributed by atoms with van der Waals surface area (Å²) in [5.41, 5.74) is 14.5. The molecule has 0 radical (unpaired) electrons. The van der Waals surface area contributed by atoms with E-state index >= 15 is 0 Å². The zero-order valence-electron chi connectivity index (χ0n) is 20.9. The van der Waals surface area contributed by atoms with Gasteiger partial charge in [-0.25, -0.2) is 0 Å². The van der Waals surface area contributed by atoms with Gasteiger partial charge in [0.05, 0.1) is 38.9 Å². The Morgan fingerprint density at radius 2 is 1.24 bits per heavy atom. The van der Waals surface area contributed by atoms with Crippen molar-refractivity contribution in [3.05, 3.63) is 119 Å². The summed E-state index contributed by atoms with van der Waals surface area (Å²) in [4.78, 5) is 0. The quantitative estimate of drug-likeness (QED) is 0.204. The molecule has 2 heteroatoms. The van der Waals surface area contributed by atoms with E-state index in [1.54, 1.807) is 16.7 Å². The van der Waals surface area contributed by atoms with Crippen LogP contribution < -0.4 is 0 Å². The monoisotopic (exact) mass is 484 g/mol. The van der Waals surface area contributed by atoms with E-state index in [1.165, 1.54) is 79.8 Å². The molecule has 1 spiro atoms. The Labute approximate surface area is 219 Å². The van der Waals surface area contributed by atoms with E-state index in [0.29, 0.717) is 11.8 Å². The Morgan fingerprint density at radius 3 is 2.08 bits per heavy atom. The summed E-state index contributed by atoms with van der Waals surface area (Å²) in [6.45, 7) is 0. The third-order valence-corrected chi connectivity index (χ3v) is 10.8. The van der Waals surface area contributed by atoms with Crippen molar-refractivity contribution in [3.63, 3.8) is 0 Å². The van der Waals surface area contributed by atoms with Crippen molar-refractivity contribution >= 4 is 43.6 Å². The van der Waals surface area contributed by atoms with E-state index < -0.39 is 0 Å². The molecule has 2 aliphatic heterocycles. The number of hydrogen-bond donors (Lipinski definition) is 0. The normalized spacial score (nSPS) is 23.6. The molecule has 0 saturated heterocycles. The fraction of sp³-hybridized carbons (Fsp3) is 0.167. The molecule has 3 atom stereocenters. The average molecular weight is 485 g/mol. The molecule has 178 valence electrons. The van der Waals surface area contributed by atoms with E-state index in [-0.39, 0.29) is 5.41 Å². The van der Waals surface area contributed by atoms with Crippen LogP contribution in [0.4, 0.5) is 0 Å². The summed E-state index contributed by atoms with van der Waals surface area (Å²) < 4.78 is 5.23. The smallest absolute Gasteiger partial charge is 0.0606 e. The van der Waals surface area contributed by atoms with Crippen LogP contribution in [0.2, 0.25) is 0 Å². The summed E-state index contributed by atoms with van der Waals surface area (Å²) in [5.74, 6) is 1.24. The third kappa shape index (κ3) is 1.70. The average Bonchev–Trinajstić information content (AvgIpc) is 3.72. The Bertz CT molecular complexity index is 2240. The standard InChI is InChI=1S/C36H24N2/c1-3-15-28-21(8-1)24-12-6-14-27-34(24)37(28)31-19-18-25-22-9-2-4-16-29(22)38-30-17-7-11-23-20-10-5-13-26(20)36(27,32(23)30)33(31)35(25)38/h1-4,6-9,11-12,14-20,26H,5,10,13H2. The molecule has 38 heavy (non-hydrogen) atoms. The van der Waals surface area contributed by atoms with Crippen LogP contribution in [0.1, 0.15) is 47.4 Å². The van der Waals surface area contributed by atoms with Gasteiger partial charge in [-0.15, -0.1) is 0 Å². The Kier molecular flexibility index (Phi) is 2.92. The predicted octanol–water partition coefficient (Wildman–Crippen LogP) is 8.74. The zero-order chi connectivity index (χ0) is 24.3. The highest BCUT2D eigenvalue weighted by atomic mass is 15.1. The molecule has 11 rings (SSSR count). The van der Waals surface area contributed by atoms with E-state index in [2.05, 4.69) is 106 Å². The van der Waals surface area contributed by atoms with Crippen LogP contribution in [0.5, 0.6) is 0 Å². The van der Waals surface area contributed by atoms with Gasteiger partial charge in [-0.2, -0.15) is 0 Å². The van der Waals surface area contributed by atoms with Gasteiger partial charge in [0, 0.05) is 27.1 Å². The van der Waals surface area contributed by atoms with Crippen LogP contribution in [0.25, 0.3) is 55.0 Å². The second-order valence-electron chi connectivity index (χ2n) is 12.0. The van der Waals surface area contributed by atoms with Gasteiger partial charge in [-0.3, -0.25) is 0 Å². The van der Waals surface area contributed by atoms with E-state index in [0.717, 1.165) is 0 Å². The van der Waals surface area contributed by atoms with Gasteiger partial charge in [-0.1, -0.05) is 79.2 Å². The minimum absolute atomic E-state index is 0.101. The number of para-hydroxylation sites is 3. The molecule has 1 fully saturated rings. The number of benzene rings is 5. The van der Waals surface area contributed by atoms with Gasteiger partial charge in [0.1, 0.15) is 0 Å². The summed E-state index contributed by atoms with van der Waals surface area (Å²) in [6.07, 6.45) is 3.93. The van der Waals surface area contributed by atoms with Crippen LogP contribution in [-0.4, -0.2) is 9.13 Å². The molecule has 0 amide bonds. The fourth-order valence-electron chi connectivity index (χ4n) is 9.76. The molecular weight excluding hydrogens is 460 g/mol. The van der Waals surface area contributed by atoms with Gasteiger partial charge in [0.15, 0.2) is 0 Å². The number of nitrogens with zero attached hydrogens (tertiary/aromatic N) is 2. The fourth-order valence-corrected chi connectivity index (χ4v) is 9.76. The highest BCUT2D eigenvalue weighted by molar-refractivity contribution is 6.17. The van der Waals surface area contributed by atoms with Crippen LogP contribution in [0.15, 0.2) is 97.1 Å². The summed E-state index contributed by atoms with van der Waals surface area (Å²) >= 11 is 0. The molecule has 7 aromatic rings. The molecule has 4 heterocycles. The van der Waals surface area contributed by atoms with Gasteiger partial charge >= 0.3 is 0 Å². The molecule has 1 saturated carbocycles. The molecule has 2 aromatic heterocycles. The molecule has 4 aliphatic rings. The largest absolute Gasteiger partial charge is 0.309 e. The second-order valence-corrected chi connectivity index (χ2v) is 12.0. The molecular formula is C36H24N2. The minimum atomic E-state index is -0.101. The zero-order valence-corrected chi connectivity index (χ0v) is 20.9. The maximum atomic E-state index is 2.62. The van der Waals surface area contributed by atoms with Gasteiger partial charge in [0.2, 0.25) is 0 Å². The van der Waals surface area contributed by atoms with Gasteiger partial charge in [-0.05, 0) is 65.6 Å². The Hall–Kier alpha value is -4.30. The van der Waals surface area contributed by atoms with Crippen molar-refractivity contribution in [1.29, 1.82) is 0 Å². The number of fused-ring (bicyclic) bond motifs is 10. The van der Waals surface area contributed by atoms with Gasteiger partial charge in [0.25, 0.3) is 0 Å². The first-order valence-corrected chi connectivity index (χ1v) is 14.1. The maximum Gasteiger partial charge on any atom is 0.0606 e. The first-order chi connectivity index (χ1) is 18.9. The van der Waals surface area contributed by atoms with Crippen molar-refractivity contribution in [2.45, 2.75) is 30.6 Å². The second kappa shape index (κ2) is 5.89. The topological polar surface area (TPSA) is 9.86 Å². The summed E-state index contributed by atoms with van der Waals surface area (Å²) in [7, 11) is 0. The Morgan fingerprint density at radius 1 is 0.553 bits per heavy atom. The maximum absolute atomic E-state index is 2.62. The van der Waals surface area contributed by atoms with E-state index in [4.69, 9.17) is 0 Å². The SMILES string of the molecule is c1cc2c3c(c1)-n1c4ccccc4c4ccc5c(c41)C3(c1cccc3c4ccccc4n-5c13)C1CCCC21. The molecule has 2 nitrogen and oxygen atoms in total. The van der Waals surface area contributed by atoms with E-state index in [9.17, 15) is 0 Å². The molecule has 2 aliphatic carbocycles. The van der Waals surface area contributed by atoms with Crippen LogP contribution >= 0.6 is 0 Å². The number of aromatic nitrogens is 2. The minimum Gasteiger partial charge on any atom is -0.309 e. The molecule has 3 unspecified atom stereocenters. The molecule has 0 N–H and O–H groups in total. The van der Waals surface area contributed by atoms with Crippen molar-refractivity contribution in [2.75, 3.05) is 0 Å². The highest BCUT2D eigenvalue weighted by Crippen LogP contribution is 2.70. The van der Waals surface area contributed by atoms with Crippen molar-refractivity contribution in [2.24, 2.45) is 5.92 Å². The van der Waals surface area contributed by atoms with Crippen LogP contribution in [0, 0.1) is 5.92 Å². The predicted molar refractivity (Wildman–Crippen MR) is 155 cm³/mol. The molecule has 5 aromatic carbocycles. The first-order valence-electron chi connectivity index (χ1n) is 14.1.